The number of carbonyl (C=O) groups is 1. The molecule has 2 rings (SSSR count). The Morgan fingerprint density at radius 1 is 1.08 bits per heavy atom. The number of sulfonamides is 1. The summed E-state index contributed by atoms with van der Waals surface area (Å²) in [6.07, 6.45) is 0. The molecule has 2 aromatic rings. The number of benzene rings is 2. The Labute approximate surface area is 152 Å². The van der Waals surface area contributed by atoms with E-state index < -0.39 is 10.0 Å². The summed E-state index contributed by atoms with van der Waals surface area (Å²) < 4.78 is 25.1. The fourth-order valence-electron chi connectivity index (χ4n) is 2.19. The standard InChI is InChI=1S/C17H19ClN2O4S/c1-19(12-14-6-4-5-7-16(14)18)17(21)13-8-10-15(11-9-13)25(22,23)20(2)24-3/h4-11H,12H2,1-3H3. The molecule has 0 radical (unpaired) electrons. The summed E-state index contributed by atoms with van der Waals surface area (Å²) in [4.78, 5) is 18.8. The van der Waals surface area contributed by atoms with E-state index in [-0.39, 0.29) is 10.8 Å². The molecule has 0 aliphatic carbocycles. The van der Waals surface area contributed by atoms with Crippen molar-refractivity contribution in [2.75, 3.05) is 21.2 Å². The molecular weight excluding hydrogens is 364 g/mol. The minimum Gasteiger partial charge on any atom is -0.337 e. The zero-order chi connectivity index (χ0) is 18.6. The van der Waals surface area contributed by atoms with Gasteiger partial charge in [0.05, 0.1) is 12.0 Å². The minimum atomic E-state index is -3.74. The summed E-state index contributed by atoms with van der Waals surface area (Å²) >= 11 is 6.11. The molecule has 0 spiro atoms. The van der Waals surface area contributed by atoms with E-state index in [2.05, 4.69) is 0 Å². The van der Waals surface area contributed by atoms with Crippen molar-refractivity contribution < 1.29 is 18.0 Å². The minimum absolute atomic E-state index is 0.0437. The van der Waals surface area contributed by atoms with Crippen molar-refractivity contribution in [1.82, 2.24) is 9.37 Å². The van der Waals surface area contributed by atoms with Gasteiger partial charge in [-0.1, -0.05) is 34.3 Å². The molecule has 134 valence electrons. The van der Waals surface area contributed by atoms with Crippen LogP contribution in [0.25, 0.3) is 0 Å². The molecule has 1 amide bonds. The summed E-state index contributed by atoms with van der Waals surface area (Å²) in [5.74, 6) is -0.232. The first-order valence-corrected chi connectivity index (χ1v) is 9.21. The Morgan fingerprint density at radius 2 is 1.68 bits per heavy atom. The lowest BCUT2D eigenvalue weighted by Gasteiger charge is -2.18. The van der Waals surface area contributed by atoms with E-state index in [0.29, 0.717) is 17.1 Å². The van der Waals surface area contributed by atoms with Crippen LogP contribution in [0.5, 0.6) is 0 Å². The van der Waals surface area contributed by atoms with Crippen LogP contribution in [-0.4, -0.2) is 44.9 Å². The number of hydroxylamine groups is 1. The summed E-state index contributed by atoms with van der Waals surface area (Å²) in [5, 5.41) is 0.589. The van der Waals surface area contributed by atoms with Gasteiger partial charge in [0.25, 0.3) is 15.9 Å². The maximum atomic E-state index is 12.5. The van der Waals surface area contributed by atoms with Crippen molar-refractivity contribution in [3.05, 3.63) is 64.7 Å². The van der Waals surface area contributed by atoms with Gasteiger partial charge >= 0.3 is 0 Å². The molecule has 0 heterocycles. The van der Waals surface area contributed by atoms with E-state index in [4.69, 9.17) is 16.4 Å². The molecule has 0 aliphatic rings. The van der Waals surface area contributed by atoms with Crippen LogP contribution >= 0.6 is 11.6 Å². The second-order valence-electron chi connectivity index (χ2n) is 5.37. The van der Waals surface area contributed by atoms with E-state index in [9.17, 15) is 13.2 Å². The van der Waals surface area contributed by atoms with Gasteiger partial charge in [-0.2, -0.15) is 0 Å². The Hall–Kier alpha value is -1.93. The number of hydrogen-bond acceptors (Lipinski definition) is 4. The van der Waals surface area contributed by atoms with Crippen LogP contribution in [-0.2, 0) is 21.4 Å². The van der Waals surface area contributed by atoms with Gasteiger partial charge in [0.2, 0.25) is 0 Å². The average Bonchev–Trinajstić information content (AvgIpc) is 2.62. The lowest BCUT2D eigenvalue weighted by molar-refractivity contribution is -0.0258. The molecule has 2 aromatic carbocycles. The van der Waals surface area contributed by atoms with Crippen LogP contribution in [0.15, 0.2) is 53.4 Å². The zero-order valence-corrected chi connectivity index (χ0v) is 15.7. The summed E-state index contributed by atoms with van der Waals surface area (Å²) in [5.41, 5.74) is 1.22. The largest absolute Gasteiger partial charge is 0.337 e. The SMILES string of the molecule is CON(C)S(=O)(=O)c1ccc(C(=O)N(C)Cc2ccccc2Cl)cc1. The molecule has 0 bridgehead atoms. The summed E-state index contributed by atoms with van der Waals surface area (Å²) in [6, 6.07) is 13.0. The number of halogens is 1. The average molecular weight is 383 g/mol. The molecule has 0 saturated heterocycles. The van der Waals surface area contributed by atoms with Crippen molar-refractivity contribution in [2.24, 2.45) is 0 Å². The molecule has 0 unspecified atom stereocenters. The topological polar surface area (TPSA) is 66.9 Å². The van der Waals surface area contributed by atoms with Gasteiger partial charge in [0.15, 0.2) is 0 Å². The Morgan fingerprint density at radius 3 is 2.24 bits per heavy atom. The molecule has 0 saturated carbocycles. The quantitative estimate of drug-likeness (QED) is 0.720. The third-order valence-corrected chi connectivity index (χ3v) is 5.77. The molecule has 25 heavy (non-hydrogen) atoms. The van der Waals surface area contributed by atoms with E-state index >= 15 is 0 Å². The van der Waals surface area contributed by atoms with E-state index in [1.54, 1.807) is 13.1 Å². The number of rotatable bonds is 6. The highest BCUT2D eigenvalue weighted by molar-refractivity contribution is 7.89. The van der Waals surface area contributed by atoms with Crippen molar-refractivity contribution in [1.29, 1.82) is 0 Å². The predicted octanol–water partition coefficient (Wildman–Crippen LogP) is 2.79. The van der Waals surface area contributed by atoms with Gasteiger partial charge in [-0.3, -0.25) is 9.63 Å². The highest BCUT2D eigenvalue weighted by atomic mass is 35.5. The van der Waals surface area contributed by atoms with Crippen LogP contribution in [0.4, 0.5) is 0 Å². The third kappa shape index (κ3) is 4.38. The van der Waals surface area contributed by atoms with E-state index in [1.807, 2.05) is 18.2 Å². The lowest BCUT2D eigenvalue weighted by atomic mass is 10.1. The molecular formula is C17H19ClN2O4S. The van der Waals surface area contributed by atoms with Gasteiger partial charge in [0.1, 0.15) is 0 Å². The Bertz CT molecular complexity index is 853. The van der Waals surface area contributed by atoms with Crippen molar-refractivity contribution in [3.8, 4) is 0 Å². The highest BCUT2D eigenvalue weighted by Gasteiger charge is 2.21. The molecule has 0 atom stereocenters. The van der Waals surface area contributed by atoms with Crippen molar-refractivity contribution >= 4 is 27.5 Å². The molecule has 0 fully saturated rings. The van der Waals surface area contributed by atoms with Crippen LogP contribution in [0.1, 0.15) is 15.9 Å². The summed E-state index contributed by atoms with van der Waals surface area (Å²) in [7, 11) is 0.485. The first-order chi connectivity index (χ1) is 11.8. The van der Waals surface area contributed by atoms with E-state index in [1.165, 1.54) is 43.3 Å². The summed E-state index contributed by atoms with van der Waals surface area (Å²) in [6.45, 7) is 0.352. The second-order valence-corrected chi connectivity index (χ2v) is 7.72. The first kappa shape index (κ1) is 19.4. The van der Waals surface area contributed by atoms with Crippen LogP contribution < -0.4 is 0 Å². The number of carbonyl (C=O) groups excluding carboxylic acids is 1. The maximum absolute atomic E-state index is 12.5. The fraction of sp³-hybridized carbons (Fsp3) is 0.235. The maximum Gasteiger partial charge on any atom is 0.264 e. The highest BCUT2D eigenvalue weighted by Crippen LogP contribution is 2.19. The van der Waals surface area contributed by atoms with Crippen molar-refractivity contribution in [2.45, 2.75) is 11.4 Å². The molecule has 0 aliphatic heterocycles. The Balaban J connectivity index is 2.16. The van der Waals surface area contributed by atoms with Gasteiger partial charge in [-0.15, -0.1) is 0 Å². The number of nitrogens with zero attached hydrogens (tertiary/aromatic N) is 2. The van der Waals surface area contributed by atoms with Gasteiger partial charge in [-0.25, -0.2) is 8.42 Å². The lowest BCUT2D eigenvalue weighted by Crippen LogP contribution is -2.27. The van der Waals surface area contributed by atoms with E-state index in [0.717, 1.165) is 10.0 Å². The fourth-order valence-corrected chi connectivity index (χ4v) is 3.36. The number of amides is 1. The molecule has 0 N–H and O–H groups in total. The van der Waals surface area contributed by atoms with Crippen LogP contribution in [0.2, 0.25) is 5.02 Å². The molecule has 6 nitrogen and oxygen atoms in total. The smallest absolute Gasteiger partial charge is 0.264 e. The van der Waals surface area contributed by atoms with Gasteiger partial charge in [0, 0.05) is 31.2 Å². The van der Waals surface area contributed by atoms with Crippen LogP contribution in [0, 0.1) is 0 Å². The monoisotopic (exact) mass is 382 g/mol. The van der Waals surface area contributed by atoms with Gasteiger partial charge < -0.3 is 4.90 Å². The van der Waals surface area contributed by atoms with Gasteiger partial charge in [-0.05, 0) is 35.9 Å². The molecule has 0 aromatic heterocycles. The second kappa shape index (κ2) is 7.97. The predicted molar refractivity (Wildman–Crippen MR) is 95.6 cm³/mol. The van der Waals surface area contributed by atoms with Crippen molar-refractivity contribution in [3.63, 3.8) is 0 Å². The van der Waals surface area contributed by atoms with Crippen LogP contribution in [0.3, 0.4) is 0 Å². The zero-order valence-electron chi connectivity index (χ0n) is 14.1. The third-order valence-electron chi connectivity index (χ3n) is 3.71. The molecule has 8 heteroatoms. The number of hydrogen-bond donors (Lipinski definition) is 0. The normalized spacial score (nSPS) is 11.6. The Kier molecular flexibility index (Phi) is 6.18. The first-order valence-electron chi connectivity index (χ1n) is 7.39.